The second-order valence-electron chi connectivity index (χ2n) is 7.13. The fourth-order valence-electron chi connectivity index (χ4n) is 3.46. The fourth-order valence-corrected chi connectivity index (χ4v) is 3.46. The number of aromatic nitrogens is 2. The lowest BCUT2D eigenvalue weighted by Crippen LogP contribution is -2.33. The minimum atomic E-state index is -0.916. The van der Waals surface area contributed by atoms with E-state index in [-0.39, 0.29) is 18.5 Å². The summed E-state index contributed by atoms with van der Waals surface area (Å²) in [6.07, 6.45) is -0.559. The van der Waals surface area contributed by atoms with Gasteiger partial charge < -0.3 is 5.32 Å². The second-order valence-corrected chi connectivity index (χ2v) is 7.13. The minimum absolute atomic E-state index is 0.179. The van der Waals surface area contributed by atoms with E-state index in [0.29, 0.717) is 16.6 Å². The third-order valence-electron chi connectivity index (χ3n) is 4.86. The van der Waals surface area contributed by atoms with Crippen LogP contribution < -0.4 is 9.88 Å². The van der Waals surface area contributed by atoms with Gasteiger partial charge in [-0.3, -0.25) is 9.59 Å². The molecule has 0 spiro atoms. The van der Waals surface area contributed by atoms with Gasteiger partial charge in [0.25, 0.3) is 5.91 Å². The van der Waals surface area contributed by atoms with Crippen LogP contribution in [0.25, 0.3) is 27.8 Å². The molecular formula is C23H18FN4O3+. The van der Waals surface area contributed by atoms with Crippen LogP contribution in [0.4, 0.5) is 10.1 Å². The van der Waals surface area contributed by atoms with Gasteiger partial charge in [-0.2, -0.15) is 0 Å². The highest BCUT2D eigenvalue weighted by Crippen LogP contribution is 2.26. The number of para-hydroxylation sites is 1. The molecular weight excluding hydrogens is 399 g/mol. The molecule has 1 N–H and O–H groups in total. The van der Waals surface area contributed by atoms with Crippen LogP contribution >= 0.6 is 0 Å². The van der Waals surface area contributed by atoms with E-state index >= 15 is 0 Å². The van der Waals surface area contributed by atoms with Crippen LogP contribution in [0, 0.1) is 17.6 Å². The van der Waals surface area contributed by atoms with E-state index in [1.165, 1.54) is 12.1 Å². The Bertz CT molecular complexity index is 1340. The second kappa shape index (κ2) is 8.35. The maximum absolute atomic E-state index is 14.6. The van der Waals surface area contributed by atoms with Crippen LogP contribution in [-0.2, 0) is 9.59 Å². The smallest absolute Gasteiger partial charge is 0.286 e. The summed E-state index contributed by atoms with van der Waals surface area (Å²) in [5.74, 6) is -2.01. The number of halogens is 1. The number of fused-ring (bicyclic) bond motifs is 2. The Balaban J connectivity index is 1.92. The van der Waals surface area contributed by atoms with Gasteiger partial charge in [-0.1, -0.05) is 24.3 Å². The van der Waals surface area contributed by atoms with Crippen molar-refractivity contribution < 1.29 is 18.5 Å². The summed E-state index contributed by atoms with van der Waals surface area (Å²) in [6.45, 7) is 1.96. The number of nitrogens with zero attached hydrogens (tertiary/aromatic N) is 3. The molecule has 4 aromatic rings. The summed E-state index contributed by atoms with van der Waals surface area (Å²) < 4.78 is 16.5. The maximum Gasteiger partial charge on any atom is 0.286 e. The largest absolute Gasteiger partial charge is 0.324 e. The Morgan fingerprint density at radius 1 is 1.03 bits per heavy atom. The molecule has 0 aliphatic heterocycles. The molecule has 0 fully saturated rings. The maximum atomic E-state index is 14.6. The van der Waals surface area contributed by atoms with Gasteiger partial charge in [-0.05, 0) is 18.6 Å². The molecule has 0 saturated heterocycles. The van der Waals surface area contributed by atoms with Crippen molar-refractivity contribution in [2.24, 2.45) is 5.18 Å². The highest BCUT2D eigenvalue weighted by molar-refractivity contribution is 6.01. The van der Waals surface area contributed by atoms with Crippen LogP contribution in [0.5, 0.6) is 0 Å². The molecule has 1 heterocycles. The van der Waals surface area contributed by atoms with E-state index in [1.807, 2.05) is 60.0 Å². The number of amides is 2. The highest BCUT2D eigenvalue weighted by Gasteiger charge is 2.23. The van der Waals surface area contributed by atoms with Gasteiger partial charge >= 0.3 is 0 Å². The van der Waals surface area contributed by atoms with E-state index in [4.69, 9.17) is 0 Å². The number of aryl methyl sites for hydroxylation is 1. The highest BCUT2D eigenvalue weighted by atomic mass is 19.1. The average molecular weight is 417 g/mol. The zero-order valence-electron chi connectivity index (χ0n) is 16.6. The Kier molecular flexibility index (Phi) is 5.44. The number of anilines is 1. The van der Waals surface area contributed by atoms with Gasteiger partial charge in [0.05, 0.1) is 5.69 Å². The first-order valence-electron chi connectivity index (χ1n) is 9.63. The minimum Gasteiger partial charge on any atom is -0.324 e. The predicted octanol–water partition coefficient (Wildman–Crippen LogP) is 4.12. The van der Waals surface area contributed by atoms with Gasteiger partial charge in [0, 0.05) is 48.4 Å². The zero-order chi connectivity index (χ0) is 22.0. The van der Waals surface area contributed by atoms with Gasteiger partial charge in [0.2, 0.25) is 22.6 Å². The molecule has 31 heavy (non-hydrogen) atoms. The number of carbonyl (C=O) groups is 2. The first-order chi connectivity index (χ1) is 15.0. The number of benzene rings is 3. The van der Waals surface area contributed by atoms with Crippen molar-refractivity contribution in [2.75, 3.05) is 5.32 Å². The zero-order valence-corrected chi connectivity index (χ0v) is 16.6. The lowest BCUT2D eigenvalue weighted by molar-refractivity contribution is -0.538. The van der Waals surface area contributed by atoms with E-state index < -0.39 is 17.6 Å². The summed E-state index contributed by atoms with van der Waals surface area (Å²) in [6, 6.07) is 17.8. The van der Waals surface area contributed by atoms with Gasteiger partial charge in [-0.15, -0.1) is 9.47 Å². The van der Waals surface area contributed by atoms with Crippen LogP contribution in [0.2, 0.25) is 0 Å². The summed E-state index contributed by atoms with van der Waals surface area (Å²) >= 11 is 0. The molecule has 0 unspecified atom stereocenters. The third kappa shape index (κ3) is 4.13. The monoisotopic (exact) mass is 417 g/mol. The third-order valence-corrected chi connectivity index (χ3v) is 4.86. The number of carbonyl (C=O) groups excluding carboxylic acids is 2. The Hall–Kier alpha value is -4.07. The Labute approximate surface area is 176 Å². The van der Waals surface area contributed by atoms with Crippen molar-refractivity contribution in [1.82, 2.24) is 4.98 Å². The average Bonchev–Trinajstić information content (AvgIpc) is 2.76. The number of hydrogen-bond donors (Lipinski definition) is 1. The topological polar surface area (TPSA) is 92.4 Å². The lowest BCUT2D eigenvalue weighted by Gasteiger charge is -2.10. The van der Waals surface area contributed by atoms with Crippen molar-refractivity contribution in [2.45, 2.75) is 19.8 Å². The van der Waals surface area contributed by atoms with Crippen molar-refractivity contribution >= 4 is 39.6 Å². The van der Waals surface area contributed by atoms with Crippen LogP contribution in [0.3, 0.4) is 0 Å². The molecule has 0 atom stereocenters. The fraction of sp³-hybridized carbons (Fsp3) is 0.130. The van der Waals surface area contributed by atoms with Gasteiger partial charge in [0.1, 0.15) is 11.3 Å². The number of nitroso groups, excluding NO2 is 1. The number of rotatable bonds is 5. The molecule has 0 radical (unpaired) electrons. The lowest BCUT2D eigenvalue weighted by atomic mass is 10.1. The molecule has 7 nitrogen and oxygen atoms in total. The number of hydrogen-bond acceptors (Lipinski definition) is 4. The molecule has 3 aromatic carbocycles. The van der Waals surface area contributed by atoms with Crippen LogP contribution in [0.1, 0.15) is 18.4 Å². The normalized spacial score (nSPS) is 10.9. The first-order valence-corrected chi connectivity index (χ1v) is 9.63. The van der Waals surface area contributed by atoms with Gasteiger partial charge in [0.15, 0.2) is 5.52 Å². The Morgan fingerprint density at radius 2 is 1.81 bits per heavy atom. The summed E-state index contributed by atoms with van der Waals surface area (Å²) in [5, 5.41) is 4.88. The van der Waals surface area contributed by atoms with Gasteiger partial charge in [-0.25, -0.2) is 9.37 Å². The van der Waals surface area contributed by atoms with Crippen LogP contribution in [-0.4, -0.2) is 16.8 Å². The van der Waals surface area contributed by atoms with E-state index in [9.17, 15) is 18.9 Å². The Morgan fingerprint density at radius 3 is 2.55 bits per heavy atom. The molecule has 0 saturated carbocycles. The molecule has 154 valence electrons. The van der Waals surface area contributed by atoms with E-state index in [2.05, 4.69) is 15.5 Å². The van der Waals surface area contributed by atoms with Crippen molar-refractivity contribution in [3.63, 3.8) is 0 Å². The van der Waals surface area contributed by atoms with E-state index in [1.54, 1.807) is 0 Å². The summed E-state index contributed by atoms with van der Waals surface area (Å²) in [7, 11) is 0. The van der Waals surface area contributed by atoms with E-state index in [0.717, 1.165) is 16.8 Å². The van der Waals surface area contributed by atoms with Crippen molar-refractivity contribution in [1.29, 1.82) is 0 Å². The molecule has 2 amide bonds. The van der Waals surface area contributed by atoms with Crippen molar-refractivity contribution in [3.05, 3.63) is 77.0 Å². The molecule has 0 aliphatic carbocycles. The quantitative estimate of drug-likeness (QED) is 0.300. The predicted molar refractivity (Wildman–Crippen MR) is 114 cm³/mol. The molecule has 0 bridgehead atoms. The standard InChI is InChI=1S/C23H17FN4O3/c1-14-7-8-17-19(11-14)28(16-5-3-2-4-6-16)20-13-15(24)12-18(23(20)26-17)25-21(29)9-10-22(30)27-31/h2-8,11-13H,9-10H2,1H3/p+1. The molecule has 8 heteroatoms. The summed E-state index contributed by atoms with van der Waals surface area (Å²) in [4.78, 5) is 38.3. The molecule has 0 aliphatic rings. The van der Waals surface area contributed by atoms with Crippen molar-refractivity contribution in [3.8, 4) is 5.69 Å². The summed E-state index contributed by atoms with van der Waals surface area (Å²) in [5.41, 5.74) is 4.36. The molecule has 1 aromatic heterocycles. The number of nitrogens with one attached hydrogen (secondary N) is 1. The first kappa shape index (κ1) is 20.2. The SMILES string of the molecule is Cc1ccc2nc3c(NC(=O)CCC(=O)N=O)cc(F)cc3[n+](-c3ccccc3)c2c1. The molecule has 4 rings (SSSR count). The van der Waals surface area contributed by atoms with Crippen LogP contribution in [0.15, 0.2) is 65.8 Å².